The van der Waals surface area contributed by atoms with Crippen LogP contribution in [0, 0.1) is 16.7 Å². The zero-order valence-corrected chi connectivity index (χ0v) is 11.4. The van der Waals surface area contributed by atoms with E-state index in [0.29, 0.717) is 0 Å². The van der Waals surface area contributed by atoms with Crippen LogP contribution in [0.2, 0.25) is 0 Å². The summed E-state index contributed by atoms with van der Waals surface area (Å²) in [5, 5.41) is 11.4. The van der Waals surface area contributed by atoms with Crippen molar-refractivity contribution in [3.05, 3.63) is 29.3 Å². The lowest BCUT2D eigenvalue weighted by molar-refractivity contribution is -0.137. The van der Waals surface area contributed by atoms with E-state index in [1.165, 1.54) is 0 Å². The molecule has 0 aliphatic rings. The van der Waals surface area contributed by atoms with Crippen LogP contribution in [-0.2, 0) is 11.0 Å². The average molecular weight is 284 g/mol. The quantitative estimate of drug-likeness (QED) is 0.894. The first kappa shape index (κ1) is 16.0. The minimum absolute atomic E-state index is 0.0924. The summed E-state index contributed by atoms with van der Waals surface area (Å²) < 4.78 is 37.6. The van der Waals surface area contributed by atoms with Crippen LogP contribution < -0.4 is 5.32 Å². The van der Waals surface area contributed by atoms with Gasteiger partial charge in [0.05, 0.1) is 16.8 Å². The zero-order valence-electron chi connectivity index (χ0n) is 11.4. The Kier molecular flexibility index (Phi) is 4.43. The van der Waals surface area contributed by atoms with E-state index < -0.39 is 11.7 Å². The van der Waals surface area contributed by atoms with Crippen molar-refractivity contribution in [1.29, 1.82) is 5.26 Å². The molecule has 1 aromatic rings. The average Bonchev–Trinajstić information content (AvgIpc) is 2.25. The molecule has 0 fully saturated rings. The summed E-state index contributed by atoms with van der Waals surface area (Å²) in [6.07, 6.45) is -4.31. The molecule has 0 aliphatic heterocycles. The van der Waals surface area contributed by atoms with Gasteiger partial charge in [-0.3, -0.25) is 4.79 Å². The first-order chi connectivity index (χ1) is 9.03. The maximum absolute atomic E-state index is 12.5. The van der Waals surface area contributed by atoms with Gasteiger partial charge in [-0.1, -0.05) is 20.8 Å². The molecule has 0 aromatic heterocycles. The standard InChI is InChI=1S/C14H15F3N2O/c1-13(2,3)7-12(20)19-11-5-4-10(14(15,16)17)6-9(11)8-18/h4-6H,7H2,1-3H3,(H,19,20). The van der Waals surface area contributed by atoms with Crippen LogP contribution in [0.1, 0.15) is 38.3 Å². The Bertz CT molecular complexity index is 551. The summed E-state index contributed by atoms with van der Waals surface area (Å²) in [6.45, 7) is 5.60. The molecular formula is C14H15F3N2O. The van der Waals surface area contributed by atoms with Crippen molar-refractivity contribution in [3.8, 4) is 6.07 Å². The number of benzene rings is 1. The van der Waals surface area contributed by atoms with Gasteiger partial charge < -0.3 is 5.32 Å². The molecule has 0 heterocycles. The Balaban J connectivity index is 2.98. The molecule has 0 atom stereocenters. The zero-order chi connectivity index (χ0) is 15.6. The number of rotatable bonds is 2. The van der Waals surface area contributed by atoms with E-state index in [1.54, 1.807) is 6.07 Å². The molecule has 0 saturated carbocycles. The summed E-state index contributed by atoms with van der Waals surface area (Å²) in [6, 6.07) is 4.33. The molecule has 0 saturated heterocycles. The minimum Gasteiger partial charge on any atom is -0.325 e. The van der Waals surface area contributed by atoms with Crippen molar-refractivity contribution >= 4 is 11.6 Å². The van der Waals surface area contributed by atoms with Gasteiger partial charge in [0, 0.05) is 6.42 Å². The summed E-state index contributed by atoms with van der Waals surface area (Å²) in [5.41, 5.74) is -1.28. The molecule has 6 heteroatoms. The Morgan fingerprint density at radius 1 is 1.30 bits per heavy atom. The summed E-state index contributed by atoms with van der Waals surface area (Å²) in [7, 11) is 0. The smallest absolute Gasteiger partial charge is 0.325 e. The summed E-state index contributed by atoms with van der Waals surface area (Å²) in [4.78, 5) is 11.7. The van der Waals surface area contributed by atoms with E-state index in [1.807, 2.05) is 20.8 Å². The first-order valence-electron chi connectivity index (χ1n) is 5.94. The van der Waals surface area contributed by atoms with Gasteiger partial charge in [0.25, 0.3) is 0 Å². The highest BCUT2D eigenvalue weighted by Crippen LogP contribution is 2.31. The van der Waals surface area contributed by atoms with E-state index in [4.69, 9.17) is 5.26 Å². The number of carbonyl (C=O) groups excluding carboxylic acids is 1. The molecule has 0 spiro atoms. The highest BCUT2D eigenvalue weighted by Gasteiger charge is 2.31. The lowest BCUT2D eigenvalue weighted by atomic mass is 9.92. The molecule has 3 nitrogen and oxygen atoms in total. The van der Waals surface area contributed by atoms with Crippen molar-refractivity contribution < 1.29 is 18.0 Å². The van der Waals surface area contributed by atoms with Gasteiger partial charge in [-0.25, -0.2) is 0 Å². The van der Waals surface area contributed by atoms with Crippen molar-refractivity contribution in [3.63, 3.8) is 0 Å². The van der Waals surface area contributed by atoms with Crippen molar-refractivity contribution in [1.82, 2.24) is 0 Å². The molecule has 0 radical (unpaired) electrons. The van der Waals surface area contributed by atoms with Crippen molar-refractivity contribution in [2.75, 3.05) is 5.32 Å². The van der Waals surface area contributed by atoms with Gasteiger partial charge in [-0.15, -0.1) is 0 Å². The highest BCUT2D eigenvalue weighted by atomic mass is 19.4. The molecule has 1 rings (SSSR count). The maximum atomic E-state index is 12.5. The van der Waals surface area contributed by atoms with Gasteiger partial charge in [-0.05, 0) is 23.6 Å². The molecule has 20 heavy (non-hydrogen) atoms. The Morgan fingerprint density at radius 2 is 1.90 bits per heavy atom. The number of nitriles is 1. The molecule has 0 unspecified atom stereocenters. The monoisotopic (exact) mass is 284 g/mol. The van der Waals surface area contributed by atoms with Crippen molar-refractivity contribution in [2.45, 2.75) is 33.4 Å². The SMILES string of the molecule is CC(C)(C)CC(=O)Nc1ccc(C(F)(F)F)cc1C#N. The van der Waals surface area contributed by atoms with Crippen LogP contribution >= 0.6 is 0 Å². The molecule has 108 valence electrons. The van der Waals surface area contributed by atoms with Crippen LogP contribution in [0.15, 0.2) is 18.2 Å². The predicted octanol–water partition coefficient (Wildman–Crippen LogP) is 3.95. The fraction of sp³-hybridized carbons (Fsp3) is 0.429. The van der Waals surface area contributed by atoms with Gasteiger partial charge in [0.1, 0.15) is 6.07 Å². The highest BCUT2D eigenvalue weighted by molar-refractivity contribution is 5.92. The number of carbonyl (C=O) groups is 1. The number of amides is 1. The minimum atomic E-state index is -4.51. The normalized spacial score (nSPS) is 11.8. The largest absolute Gasteiger partial charge is 0.416 e. The number of alkyl halides is 3. The van der Waals surface area contributed by atoms with Crippen LogP contribution in [0.25, 0.3) is 0 Å². The number of hydrogen-bond donors (Lipinski definition) is 1. The lowest BCUT2D eigenvalue weighted by Crippen LogP contribution is -2.20. The Labute approximate surface area is 115 Å². The Hall–Kier alpha value is -2.03. The first-order valence-corrected chi connectivity index (χ1v) is 5.94. The van der Waals surface area contributed by atoms with E-state index in [-0.39, 0.29) is 29.0 Å². The molecule has 1 N–H and O–H groups in total. The molecule has 0 aliphatic carbocycles. The third kappa shape index (κ3) is 4.57. The van der Waals surface area contributed by atoms with E-state index in [2.05, 4.69) is 5.32 Å². The van der Waals surface area contributed by atoms with Crippen LogP contribution in [-0.4, -0.2) is 5.91 Å². The molecule has 1 aromatic carbocycles. The molecule has 0 bridgehead atoms. The molecule has 1 amide bonds. The van der Waals surface area contributed by atoms with Gasteiger partial charge in [0.2, 0.25) is 5.91 Å². The third-order valence-corrected chi connectivity index (χ3v) is 2.43. The number of nitrogens with zero attached hydrogens (tertiary/aromatic N) is 1. The van der Waals surface area contributed by atoms with Crippen LogP contribution in [0.4, 0.5) is 18.9 Å². The number of anilines is 1. The Morgan fingerprint density at radius 3 is 2.35 bits per heavy atom. The van der Waals surface area contributed by atoms with E-state index in [9.17, 15) is 18.0 Å². The van der Waals surface area contributed by atoms with Gasteiger partial charge in [0.15, 0.2) is 0 Å². The summed E-state index contributed by atoms with van der Waals surface area (Å²) in [5.74, 6) is -0.339. The van der Waals surface area contributed by atoms with E-state index in [0.717, 1.165) is 18.2 Å². The lowest BCUT2D eigenvalue weighted by Gasteiger charge is -2.18. The second kappa shape index (κ2) is 5.53. The number of hydrogen-bond acceptors (Lipinski definition) is 2. The second-order valence-corrected chi connectivity index (χ2v) is 5.66. The van der Waals surface area contributed by atoms with E-state index >= 15 is 0 Å². The maximum Gasteiger partial charge on any atom is 0.416 e. The predicted molar refractivity (Wildman–Crippen MR) is 68.9 cm³/mol. The second-order valence-electron chi connectivity index (χ2n) is 5.66. The van der Waals surface area contributed by atoms with Crippen LogP contribution in [0.3, 0.4) is 0 Å². The number of halogens is 3. The number of nitrogens with one attached hydrogen (secondary N) is 1. The topological polar surface area (TPSA) is 52.9 Å². The van der Waals surface area contributed by atoms with Gasteiger partial charge >= 0.3 is 6.18 Å². The third-order valence-electron chi connectivity index (χ3n) is 2.43. The van der Waals surface area contributed by atoms with Gasteiger partial charge in [-0.2, -0.15) is 18.4 Å². The molecular weight excluding hydrogens is 269 g/mol. The van der Waals surface area contributed by atoms with Crippen LogP contribution in [0.5, 0.6) is 0 Å². The van der Waals surface area contributed by atoms with Crippen molar-refractivity contribution in [2.24, 2.45) is 5.41 Å². The summed E-state index contributed by atoms with van der Waals surface area (Å²) >= 11 is 0. The fourth-order valence-electron chi connectivity index (χ4n) is 1.60. The fourth-order valence-corrected chi connectivity index (χ4v) is 1.60.